The van der Waals surface area contributed by atoms with E-state index in [0.717, 1.165) is 25.9 Å². The minimum atomic E-state index is -0.481. The molecule has 0 aromatic carbocycles. The summed E-state index contributed by atoms with van der Waals surface area (Å²) in [5, 5.41) is 9.16. The van der Waals surface area contributed by atoms with E-state index in [1.165, 1.54) is 0 Å². The Balaban J connectivity index is 1.71. The highest BCUT2D eigenvalue weighted by Crippen LogP contribution is 2.17. The van der Waals surface area contributed by atoms with Gasteiger partial charge in [0, 0.05) is 45.9 Å². The predicted octanol–water partition coefficient (Wildman–Crippen LogP) is 0.770. The average Bonchev–Trinajstić information content (AvgIpc) is 2.54. The molecule has 2 rings (SSSR count). The lowest BCUT2D eigenvalue weighted by Crippen LogP contribution is -2.53. The van der Waals surface area contributed by atoms with Crippen LogP contribution in [0.4, 0.5) is 4.79 Å². The second kappa shape index (κ2) is 8.16. The molecular weight excluding hydrogens is 310 g/mol. The molecule has 2 aliphatic rings. The topological polar surface area (TPSA) is 73.3 Å². The van der Waals surface area contributed by atoms with Gasteiger partial charge in [0.1, 0.15) is 5.60 Å². The van der Waals surface area contributed by atoms with Gasteiger partial charge in [-0.15, -0.1) is 0 Å². The van der Waals surface area contributed by atoms with Crippen LogP contribution in [0.15, 0.2) is 0 Å². The zero-order chi connectivity index (χ0) is 17.7. The highest BCUT2D eigenvalue weighted by molar-refractivity contribution is 5.78. The summed E-state index contributed by atoms with van der Waals surface area (Å²) in [6.07, 6.45) is 1.49. The number of piperidine rings is 1. The smallest absolute Gasteiger partial charge is 0.410 e. The van der Waals surface area contributed by atoms with Crippen molar-refractivity contribution in [1.29, 1.82) is 0 Å². The van der Waals surface area contributed by atoms with Crippen molar-refractivity contribution >= 4 is 12.0 Å². The molecule has 2 heterocycles. The summed E-state index contributed by atoms with van der Waals surface area (Å²) in [6.45, 7) is 10.3. The Hall–Kier alpha value is -1.34. The molecule has 0 atom stereocenters. The van der Waals surface area contributed by atoms with Crippen LogP contribution < -0.4 is 0 Å². The van der Waals surface area contributed by atoms with Gasteiger partial charge in [0.15, 0.2) is 0 Å². The summed E-state index contributed by atoms with van der Waals surface area (Å²) in [7, 11) is 0. The van der Waals surface area contributed by atoms with Crippen LogP contribution in [0.5, 0.6) is 0 Å². The molecule has 2 amide bonds. The molecule has 7 heteroatoms. The number of amides is 2. The van der Waals surface area contributed by atoms with Crippen molar-refractivity contribution < 1.29 is 19.4 Å². The molecule has 0 aromatic heterocycles. The van der Waals surface area contributed by atoms with E-state index in [0.29, 0.717) is 38.6 Å². The molecule has 0 aliphatic carbocycles. The van der Waals surface area contributed by atoms with E-state index in [9.17, 15) is 9.59 Å². The number of carbonyl (C=O) groups excluding carboxylic acids is 2. The number of rotatable bonds is 3. The molecular formula is C17H31N3O4. The minimum Gasteiger partial charge on any atom is -0.444 e. The Labute approximate surface area is 144 Å². The molecule has 0 spiro atoms. The Morgan fingerprint density at radius 2 is 1.58 bits per heavy atom. The van der Waals surface area contributed by atoms with Gasteiger partial charge in [0.2, 0.25) is 5.91 Å². The first-order valence-electron chi connectivity index (χ1n) is 8.87. The van der Waals surface area contributed by atoms with Crippen LogP contribution in [0.3, 0.4) is 0 Å². The normalized spacial score (nSPS) is 21.0. The van der Waals surface area contributed by atoms with E-state index >= 15 is 0 Å². The Morgan fingerprint density at radius 1 is 1.00 bits per heavy atom. The Kier molecular flexibility index (Phi) is 6.46. The van der Waals surface area contributed by atoms with Gasteiger partial charge in [-0.1, -0.05) is 0 Å². The maximum absolute atomic E-state index is 12.4. The van der Waals surface area contributed by atoms with Crippen molar-refractivity contribution in [2.45, 2.75) is 39.2 Å². The first-order chi connectivity index (χ1) is 11.3. The quantitative estimate of drug-likeness (QED) is 0.821. The summed E-state index contributed by atoms with van der Waals surface area (Å²) in [6, 6.07) is 0. The number of hydrogen-bond acceptors (Lipinski definition) is 5. The second-order valence-electron chi connectivity index (χ2n) is 7.75. The minimum absolute atomic E-state index is 0.150. The number of likely N-dealkylation sites (tertiary alicyclic amines) is 1. The Morgan fingerprint density at radius 3 is 2.08 bits per heavy atom. The van der Waals surface area contributed by atoms with Crippen molar-refractivity contribution in [2.24, 2.45) is 5.92 Å². The maximum Gasteiger partial charge on any atom is 0.410 e. The molecule has 2 fully saturated rings. The first-order valence-corrected chi connectivity index (χ1v) is 8.87. The summed E-state index contributed by atoms with van der Waals surface area (Å²) in [5.41, 5.74) is -0.481. The van der Waals surface area contributed by atoms with Gasteiger partial charge in [0.25, 0.3) is 0 Å². The zero-order valence-corrected chi connectivity index (χ0v) is 15.2. The molecule has 0 radical (unpaired) electrons. The van der Waals surface area contributed by atoms with Gasteiger partial charge in [-0.3, -0.25) is 9.69 Å². The number of aliphatic hydroxyl groups is 1. The number of aliphatic hydroxyl groups excluding tert-OH is 1. The molecule has 0 aromatic rings. The molecule has 0 bridgehead atoms. The predicted molar refractivity (Wildman–Crippen MR) is 90.6 cm³/mol. The van der Waals surface area contributed by atoms with E-state index in [-0.39, 0.29) is 18.6 Å². The fourth-order valence-corrected chi connectivity index (χ4v) is 3.07. The largest absolute Gasteiger partial charge is 0.444 e. The van der Waals surface area contributed by atoms with Crippen LogP contribution in [-0.2, 0) is 9.53 Å². The molecule has 2 aliphatic heterocycles. The van der Waals surface area contributed by atoms with E-state index in [1.807, 2.05) is 25.7 Å². The maximum atomic E-state index is 12.4. The lowest BCUT2D eigenvalue weighted by molar-refractivity contribution is -0.134. The molecule has 2 saturated heterocycles. The fraction of sp³-hybridized carbons (Fsp3) is 0.882. The molecule has 0 saturated carbocycles. The highest BCUT2D eigenvalue weighted by atomic mass is 16.6. The lowest BCUT2D eigenvalue weighted by Gasteiger charge is -2.37. The standard InChI is InChI=1S/C17H31N3O4/c1-17(2,3)24-16(23)20-10-8-18(9-11-20)12-15(22)19-6-4-14(13-21)5-7-19/h14,21H,4-13H2,1-3H3. The molecule has 138 valence electrons. The van der Waals surface area contributed by atoms with Gasteiger partial charge in [-0.25, -0.2) is 4.79 Å². The third-order valence-electron chi connectivity index (χ3n) is 4.61. The second-order valence-corrected chi connectivity index (χ2v) is 7.75. The number of nitrogens with zero attached hydrogens (tertiary/aromatic N) is 3. The zero-order valence-electron chi connectivity index (χ0n) is 15.2. The summed E-state index contributed by atoms with van der Waals surface area (Å²) in [4.78, 5) is 30.1. The van der Waals surface area contributed by atoms with Crippen molar-refractivity contribution in [2.75, 3.05) is 52.4 Å². The van der Waals surface area contributed by atoms with Gasteiger partial charge < -0.3 is 19.6 Å². The van der Waals surface area contributed by atoms with Crippen molar-refractivity contribution in [3.8, 4) is 0 Å². The van der Waals surface area contributed by atoms with Gasteiger partial charge >= 0.3 is 6.09 Å². The van der Waals surface area contributed by atoms with Crippen LogP contribution >= 0.6 is 0 Å². The molecule has 24 heavy (non-hydrogen) atoms. The van der Waals surface area contributed by atoms with E-state index in [2.05, 4.69) is 4.90 Å². The van der Waals surface area contributed by atoms with Gasteiger partial charge in [-0.05, 0) is 39.5 Å². The first kappa shape index (κ1) is 19.0. The van der Waals surface area contributed by atoms with E-state index < -0.39 is 5.60 Å². The summed E-state index contributed by atoms with van der Waals surface area (Å²) in [5.74, 6) is 0.489. The third kappa shape index (κ3) is 5.63. The highest BCUT2D eigenvalue weighted by Gasteiger charge is 2.28. The number of hydrogen-bond donors (Lipinski definition) is 1. The lowest BCUT2D eigenvalue weighted by atomic mass is 9.98. The number of piperazine rings is 1. The van der Waals surface area contributed by atoms with Crippen LogP contribution in [0.25, 0.3) is 0 Å². The van der Waals surface area contributed by atoms with E-state index in [4.69, 9.17) is 9.84 Å². The average molecular weight is 341 g/mol. The van der Waals surface area contributed by atoms with Crippen LogP contribution in [0.2, 0.25) is 0 Å². The SMILES string of the molecule is CC(C)(C)OC(=O)N1CCN(CC(=O)N2CCC(CO)CC2)CC1. The van der Waals surface area contributed by atoms with Crippen molar-refractivity contribution in [1.82, 2.24) is 14.7 Å². The van der Waals surface area contributed by atoms with E-state index in [1.54, 1.807) is 4.90 Å². The van der Waals surface area contributed by atoms with Gasteiger partial charge in [0.05, 0.1) is 6.54 Å². The number of ether oxygens (including phenoxy) is 1. The van der Waals surface area contributed by atoms with Crippen LogP contribution in [0, 0.1) is 5.92 Å². The van der Waals surface area contributed by atoms with Gasteiger partial charge in [-0.2, -0.15) is 0 Å². The van der Waals surface area contributed by atoms with Crippen LogP contribution in [0.1, 0.15) is 33.6 Å². The van der Waals surface area contributed by atoms with Crippen molar-refractivity contribution in [3.63, 3.8) is 0 Å². The summed E-state index contributed by atoms with van der Waals surface area (Å²) < 4.78 is 5.38. The fourth-order valence-electron chi connectivity index (χ4n) is 3.07. The number of carbonyl (C=O) groups is 2. The van der Waals surface area contributed by atoms with Crippen molar-refractivity contribution in [3.05, 3.63) is 0 Å². The molecule has 0 unspecified atom stereocenters. The molecule has 1 N–H and O–H groups in total. The van der Waals surface area contributed by atoms with Crippen LogP contribution in [-0.4, -0.2) is 89.8 Å². The summed E-state index contributed by atoms with van der Waals surface area (Å²) >= 11 is 0. The third-order valence-corrected chi connectivity index (χ3v) is 4.61. The monoisotopic (exact) mass is 341 g/mol. The molecule has 7 nitrogen and oxygen atoms in total. The Bertz CT molecular complexity index is 434.